The molecule has 23 heavy (non-hydrogen) atoms. The molecular formula is C21H19NS. The molecule has 0 spiro atoms. The molecule has 0 aliphatic heterocycles. The monoisotopic (exact) mass is 317 g/mol. The number of benzene rings is 3. The zero-order valence-corrected chi connectivity index (χ0v) is 14.4. The highest BCUT2D eigenvalue weighted by Crippen LogP contribution is 2.36. The van der Waals surface area contributed by atoms with Crippen LogP contribution in [0.25, 0.3) is 31.6 Å². The lowest BCUT2D eigenvalue weighted by molar-refractivity contribution is 0.591. The maximum absolute atomic E-state index is 4.87. The highest BCUT2D eigenvalue weighted by molar-refractivity contribution is 7.21. The van der Waals surface area contributed by atoms with E-state index in [4.69, 9.17) is 4.98 Å². The second-order valence-corrected chi connectivity index (χ2v) is 8.01. The van der Waals surface area contributed by atoms with Gasteiger partial charge < -0.3 is 0 Å². The Morgan fingerprint density at radius 3 is 2.48 bits per heavy atom. The average Bonchev–Trinajstić information content (AvgIpc) is 2.96. The quantitative estimate of drug-likeness (QED) is 0.395. The number of aromatic nitrogens is 1. The molecule has 2 heteroatoms. The van der Waals surface area contributed by atoms with Gasteiger partial charge in [0, 0.05) is 5.56 Å². The molecule has 3 aromatic carbocycles. The second kappa shape index (κ2) is 5.17. The van der Waals surface area contributed by atoms with Gasteiger partial charge in [0.15, 0.2) is 0 Å². The third kappa shape index (κ3) is 2.53. The van der Waals surface area contributed by atoms with Crippen molar-refractivity contribution in [2.24, 2.45) is 0 Å². The number of thiazole rings is 1. The summed E-state index contributed by atoms with van der Waals surface area (Å²) in [4.78, 5) is 4.87. The van der Waals surface area contributed by atoms with Crippen LogP contribution in [0.1, 0.15) is 26.3 Å². The molecule has 1 heterocycles. The Bertz CT molecular complexity index is 1000. The van der Waals surface area contributed by atoms with Crippen LogP contribution in [0.5, 0.6) is 0 Å². The summed E-state index contributed by atoms with van der Waals surface area (Å²) in [5, 5.41) is 3.63. The Balaban J connectivity index is 1.92. The average molecular weight is 317 g/mol. The standard InChI is InChI=1S/C21H19NS/c1-21(2,3)15-11-12-18-19(13-15)23-20(22-18)17-10-6-8-14-7-4-5-9-16(14)17/h4-13H,1-3H3. The molecule has 4 rings (SSSR count). The molecule has 0 aliphatic carbocycles. The van der Waals surface area contributed by atoms with Crippen LogP contribution in [0.4, 0.5) is 0 Å². The van der Waals surface area contributed by atoms with Crippen molar-refractivity contribution < 1.29 is 0 Å². The Labute approximate surface area is 140 Å². The van der Waals surface area contributed by atoms with Crippen molar-refractivity contribution >= 4 is 32.3 Å². The number of nitrogens with zero attached hydrogens (tertiary/aromatic N) is 1. The molecule has 0 bridgehead atoms. The predicted molar refractivity (Wildman–Crippen MR) is 101 cm³/mol. The Kier molecular flexibility index (Phi) is 3.24. The van der Waals surface area contributed by atoms with E-state index < -0.39 is 0 Å². The lowest BCUT2D eigenvalue weighted by atomic mass is 9.87. The van der Waals surface area contributed by atoms with E-state index >= 15 is 0 Å². The summed E-state index contributed by atoms with van der Waals surface area (Å²) in [7, 11) is 0. The van der Waals surface area contributed by atoms with E-state index in [1.165, 1.54) is 26.6 Å². The van der Waals surface area contributed by atoms with Gasteiger partial charge in [-0.15, -0.1) is 11.3 Å². The van der Waals surface area contributed by atoms with Crippen molar-refractivity contribution in [1.82, 2.24) is 4.98 Å². The predicted octanol–water partition coefficient (Wildman–Crippen LogP) is 6.41. The molecule has 0 fully saturated rings. The van der Waals surface area contributed by atoms with E-state index in [0.717, 1.165) is 10.5 Å². The van der Waals surface area contributed by atoms with E-state index in [1.807, 2.05) is 0 Å². The minimum atomic E-state index is 0.164. The van der Waals surface area contributed by atoms with Crippen LogP contribution in [0, 0.1) is 0 Å². The molecule has 0 atom stereocenters. The molecule has 1 aromatic heterocycles. The highest BCUT2D eigenvalue weighted by Gasteiger charge is 2.16. The van der Waals surface area contributed by atoms with Crippen LogP contribution in [-0.2, 0) is 5.41 Å². The van der Waals surface area contributed by atoms with Crippen LogP contribution < -0.4 is 0 Å². The molecule has 0 aliphatic rings. The topological polar surface area (TPSA) is 12.9 Å². The van der Waals surface area contributed by atoms with Gasteiger partial charge in [-0.3, -0.25) is 0 Å². The molecule has 0 saturated heterocycles. The molecule has 0 saturated carbocycles. The van der Waals surface area contributed by atoms with Crippen molar-refractivity contribution in [3.63, 3.8) is 0 Å². The third-order valence-corrected chi connectivity index (χ3v) is 5.33. The minimum absolute atomic E-state index is 0.164. The van der Waals surface area contributed by atoms with Gasteiger partial charge in [-0.1, -0.05) is 69.3 Å². The van der Waals surface area contributed by atoms with Gasteiger partial charge in [-0.2, -0.15) is 0 Å². The molecule has 0 radical (unpaired) electrons. The summed E-state index contributed by atoms with van der Waals surface area (Å²) < 4.78 is 1.26. The molecule has 4 aromatic rings. The third-order valence-electron chi connectivity index (χ3n) is 4.27. The molecular weight excluding hydrogens is 298 g/mol. The van der Waals surface area contributed by atoms with E-state index in [-0.39, 0.29) is 5.41 Å². The first kappa shape index (κ1) is 14.4. The summed E-state index contributed by atoms with van der Waals surface area (Å²) >= 11 is 1.78. The van der Waals surface area contributed by atoms with Gasteiger partial charge in [0.25, 0.3) is 0 Å². The van der Waals surface area contributed by atoms with E-state index in [2.05, 4.69) is 81.4 Å². The largest absolute Gasteiger partial charge is 0.236 e. The summed E-state index contributed by atoms with van der Waals surface area (Å²) in [6.45, 7) is 6.75. The summed E-state index contributed by atoms with van der Waals surface area (Å²) in [5.41, 5.74) is 3.84. The van der Waals surface area contributed by atoms with Crippen LogP contribution >= 0.6 is 11.3 Å². The first-order valence-corrected chi connectivity index (χ1v) is 8.73. The minimum Gasteiger partial charge on any atom is -0.236 e. The van der Waals surface area contributed by atoms with E-state index in [9.17, 15) is 0 Å². The van der Waals surface area contributed by atoms with Gasteiger partial charge in [0.05, 0.1) is 10.2 Å². The van der Waals surface area contributed by atoms with E-state index in [1.54, 1.807) is 11.3 Å². The fourth-order valence-corrected chi connectivity index (χ4v) is 3.96. The van der Waals surface area contributed by atoms with Gasteiger partial charge in [-0.25, -0.2) is 4.98 Å². The Hall–Kier alpha value is -2.19. The SMILES string of the molecule is CC(C)(C)c1ccc2nc(-c3cccc4ccccc34)sc2c1. The van der Waals surface area contributed by atoms with Crippen molar-refractivity contribution in [3.05, 3.63) is 66.2 Å². The maximum atomic E-state index is 4.87. The normalized spacial score (nSPS) is 12.1. The molecule has 0 amide bonds. The smallest absolute Gasteiger partial charge is 0.125 e. The first-order chi connectivity index (χ1) is 11.0. The zero-order valence-electron chi connectivity index (χ0n) is 13.6. The Morgan fingerprint density at radius 2 is 1.65 bits per heavy atom. The number of rotatable bonds is 1. The van der Waals surface area contributed by atoms with Crippen molar-refractivity contribution in [3.8, 4) is 10.6 Å². The van der Waals surface area contributed by atoms with Crippen molar-refractivity contribution in [1.29, 1.82) is 0 Å². The van der Waals surface area contributed by atoms with Crippen LogP contribution in [0.15, 0.2) is 60.7 Å². The van der Waals surface area contributed by atoms with Crippen LogP contribution in [-0.4, -0.2) is 4.98 Å². The van der Waals surface area contributed by atoms with Gasteiger partial charge in [-0.05, 0) is 33.9 Å². The van der Waals surface area contributed by atoms with Gasteiger partial charge in [0.1, 0.15) is 5.01 Å². The number of hydrogen-bond acceptors (Lipinski definition) is 2. The van der Waals surface area contributed by atoms with Crippen LogP contribution in [0.3, 0.4) is 0 Å². The molecule has 114 valence electrons. The molecule has 0 unspecified atom stereocenters. The first-order valence-electron chi connectivity index (χ1n) is 7.91. The number of fused-ring (bicyclic) bond motifs is 2. The maximum Gasteiger partial charge on any atom is 0.125 e. The van der Waals surface area contributed by atoms with Crippen molar-refractivity contribution in [2.75, 3.05) is 0 Å². The lowest BCUT2D eigenvalue weighted by Crippen LogP contribution is -2.10. The zero-order chi connectivity index (χ0) is 16.0. The van der Waals surface area contributed by atoms with Gasteiger partial charge >= 0.3 is 0 Å². The molecule has 1 nitrogen and oxygen atoms in total. The second-order valence-electron chi connectivity index (χ2n) is 6.98. The molecule has 0 N–H and O–H groups in total. The van der Waals surface area contributed by atoms with Gasteiger partial charge in [0.2, 0.25) is 0 Å². The van der Waals surface area contributed by atoms with Crippen LogP contribution in [0.2, 0.25) is 0 Å². The fourth-order valence-electron chi connectivity index (χ4n) is 2.92. The summed E-state index contributed by atoms with van der Waals surface area (Å²) in [6, 6.07) is 21.6. The number of hydrogen-bond donors (Lipinski definition) is 0. The Morgan fingerprint density at radius 1 is 0.870 bits per heavy atom. The summed E-state index contributed by atoms with van der Waals surface area (Å²) in [5.74, 6) is 0. The van der Waals surface area contributed by atoms with Crippen molar-refractivity contribution in [2.45, 2.75) is 26.2 Å². The highest BCUT2D eigenvalue weighted by atomic mass is 32.1. The lowest BCUT2D eigenvalue weighted by Gasteiger charge is -2.18. The van der Waals surface area contributed by atoms with E-state index in [0.29, 0.717) is 0 Å². The fraction of sp³-hybridized carbons (Fsp3) is 0.190. The summed E-state index contributed by atoms with van der Waals surface area (Å²) in [6.07, 6.45) is 0.